The maximum atomic E-state index is 12.7. The monoisotopic (exact) mass is 470 g/mol. The molecule has 1 fully saturated rings. The first kappa shape index (κ1) is 22.9. The van der Waals surface area contributed by atoms with Crippen LogP contribution < -0.4 is 10.1 Å². The molecule has 1 aliphatic heterocycles. The number of hydrogen-bond acceptors (Lipinski definition) is 4. The minimum Gasteiger partial charge on any atom is -0.484 e. The molecule has 0 spiro atoms. The van der Waals surface area contributed by atoms with E-state index in [-0.39, 0.29) is 24.0 Å². The normalized spacial score (nSPS) is 15.7. The fourth-order valence-electron chi connectivity index (χ4n) is 3.14. The molecule has 0 aromatic heterocycles. The molecule has 2 aromatic rings. The van der Waals surface area contributed by atoms with Crippen LogP contribution in [0.3, 0.4) is 0 Å². The van der Waals surface area contributed by atoms with Gasteiger partial charge in [-0.25, -0.2) is 8.42 Å². The van der Waals surface area contributed by atoms with Crippen molar-refractivity contribution < 1.29 is 17.9 Å². The number of benzene rings is 2. The topological polar surface area (TPSA) is 75.7 Å². The number of sulfonamides is 1. The molecule has 162 valence electrons. The summed E-state index contributed by atoms with van der Waals surface area (Å²) in [5, 5.41) is 3.72. The maximum absolute atomic E-state index is 12.7. The Balaban J connectivity index is 1.51. The van der Waals surface area contributed by atoms with Gasteiger partial charge in [0, 0.05) is 29.7 Å². The molecule has 1 N–H and O–H groups in total. The van der Waals surface area contributed by atoms with Crippen molar-refractivity contribution in [2.75, 3.05) is 19.7 Å². The summed E-state index contributed by atoms with van der Waals surface area (Å²) in [5.41, 5.74) is 0.746. The first-order chi connectivity index (χ1) is 14.3. The summed E-state index contributed by atoms with van der Waals surface area (Å²) in [4.78, 5) is 12.2. The summed E-state index contributed by atoms with van der Waals surface area (Å²) in [6.07, 6.45) is 1.74. The predicted octanol–water partition coefficient (Wildman–Crippen LogP) is 4.11. The van der Waals surface area contributed by atoms with Gasteiger partial charge in [-0.2, -0.15) is 4.31 Å². The molecule has 0 bridgehead atoms. The smallest absolute Gasteiger partial charge is 0.258 e. The fourth-order valence-corrected chi connectivity index (χ4v) is 5.09. The van der Waals surface area contributed by atoms with Gasteiger partial charge in [0.2, 0.25) is 10.0 Å². The highest BCUT2D eigenvalue weighted by Crippen LogP contribution is 2.25. The van der Waals surface area contributed by atoms with Crippen LogP contribution in [0, 0.1) is 5.92 Å². The van der Waals surface area contributed by atoms with Crippen molar-refractivity contribution in [3.05, 3.63) is 58.1 Å². The van der Waals surface area contributed by atoms with Crippen molar-refractivity contribution in [2.24, 2.45) is 5.92 Å². The third-order valence-electron chi connectivity index (χ3n) is 5.07. The largest absolute Gasteiger partial charge is 0.484 e. The molecule has 3 rings (SSSR count). The van der Waals surface area contributed by atoms with Crippen LogP contribution in [0.5, 0.6) is 5.75 Å². The second-order valence-corrected chi connectivity index (χ2v) is 10.1. The van der Waals surface area contributed by atoms with Gasteiger partial charge >= 0.3 is 0 Å². The van der Waals surface area contributed by atoms with Crippen LogP contribution in [-0.4, -0.2) is 38.3 Å². The minimum atomic E-state index is -3.50. The molecule has 30 heavy (non-hydrogen) atoms. The molecular weight excluding hydrogens is 447 g/mol. The van der Waals surface area contributed by atoms with E-state index in [4.69, 9.17) is 27.9 Å². The lowest BCUT2D eigenvalue weighted by atomic mass is 10.0. The van der Waals surface area contributed by atoms with Crippen molar-refractivity contribution in [1.82, 2.24) is 9.62 Å². The lowest BCUT2D eigenvalue weighted by Crippen LogP contribution is -2.37. The van der Waals surface area contributed by atoms with Crippen LogP contribution in [0.1, 0.15) is 25.3 Å². The molecular formula is C21H24Cl2N2O4S. The summed E-state index contributed by atoms with van der Waals surface area (Å²) in [6.45, 7) is 3.28. The third kappa shape index (κ3) is 5.88. The van der Waals surface area contributed by atoms with Gasteiger partial charge in [-0.05, 0) is 60.7 Å². The number of ether oxygens (including phenoxy) is 1. The summed E-state index contributed by atoms with van der Waals surface area (Å²) < 4.78 is 32.5. The van der Waals surface area contributed by atoms with E-state index in [0.29, 0.717) is 34.8 Å². The number of carbonyl (C=O) groups is 1. The van der Waals surface area contributed by atoms with Crippen molar-refractivity contribution >= 4 is 39.1 Å². The van der Waals surface area contributed by atoms with Crippen molar-refractivity contribution in [3.63, 3.8) is 0 Å². The van der Waals surface area contributed by atoms with Gasteiger partial charge in [-0.3, -0.25) is 4.79 Å². The Bertz CT molecular complexity index is 989. The number of halogens is 2. The van der Waals surface area contributed by atoms with E-state index in [2.05, 4.69) is 12.2 Å². The first-order valence-electron chi connectivity index (χ1n) is 9.69. The second kappa shape index (κ2) is 10.0. The third-order valence-corrected chi connectivity index (χ3v) is 7.56. The average Bonchev–Trinajstić information content (AvgIpc) is 2.72. The van der Waals surface area contributed by atoms with Crippen molar-refractivity contribution in [1.29, 1.82) is 0 Å². The molecule has 1 aliphatic rings. The Morgan fingerprint density at radius 2 is 1.80 bits per heavy atom. The van der Waals surface area contributed by atoms with E-state index in [1.807, 2.05) is 0 Å². The molecule has 0 saturated carbocycles. The standard InChI is InChI=1S/C21H24Cl2N2O4S/c1-15-8-10-25(11-9-15)30(27,28)19-6-4-18(5-7-19)29-14-21(26)24-13-16-2-3-17(22)12-20(16)23/h2-7,12,15H,8-11,13-14H2,1H3,(H,24,26). The van der Waals surface area contributed by atoms with Crippen molar-refractivity contribution in [3.8, 4) is 5.75 Å². The van der Waals surface area contributed by atoms with Gasteiger partial charge < -0.3 is 10.1 Å². The number of hydrogen-bond donors (Lipinski definition) is 1. The molecule has 0 atom stereocenters. The molecule has 0 radical (unpaired) electrons. The van der Waals surface area contributed by atoms with Crippen LogP contribution in [-0.2, 0) is 21.4 Å². The summed E-state index contributed by atoms with van der Waals surface area (Å²) >= 11 is 11.9. The zero-order valence-corrected chi connectivity index (χ0v) is 18.9. The zero-order chi connectivity index (χ0) is 21.7. The minimum absolute atomic E-state index is 0.193. The molecule has 2 aromatic carbocycles. The van der Waals surface area contributed by atoms with Crippen LogP contribution in [0.25, 0.3) is 0 Å². The number of nitrogens with one attached hydrogen (secondary N) is 1. The molecule has 9 heteroatoms. The van der Waals surface area contributed by atoms with E-state index in [0.717, 1.165) is 18.4 Å². The Hall–Kier alpha value is -1.80. The van der Waals surface area contributed by atoms with E-state index in [1.165, 1.54) is 16.4 Å². The van der Waals surface area contributed by atoms with Crippen LogP contribution >= 0.6 is 23.2 Å². The average molecular weight is 471 g/mol. The van der Waals surface area contributed by atoms with Crippen LogP contribution in [0.2, 0.25) is 10.0 Å². The van der Waals surface area contributed by atoms with Gasteiger partial charge in [0.1, 0.15) is 5.75 Å². The molecule has 1 saturated heterocycles. The van der Waals surface area contributed by atoms with Gasteiger partial charge in [0.25, 0.3) is 5.91 Å². The number of amides is 1. The number of rotatable bonds is 7. The Kier molecular flexibility index (Phi) is 7.63. The number of nitrogens with zero attached hydrogens (tertiary/aromatic N) is 1. The predicted molar refractivity (Wildman–Crippen MR) is 117 cm³/mol. The van der Waals surface area contributed by atoms with E-state index in [1.54, 1.807) is 30.3 Å². The quantitative estimate of drug-likeness (QED) is 0.660. The Morgan fingerprint density at radius 1 is 1.13 bits per heavy atom. The van der Waals surface area contributed by atoms with E-state index >= 15 is 0 Å². The summed E-state index contributed by atoms with van der Waals surface area (Å²) in [5.74, 6) is 0.648. The zero-order valence-electron chi connectivity index (χ0n) is 16.6. The summed E-state index contributed by atoms with van der Waals surface area (Å²) in [7, 11) is -3.50. The highest BCUT2D eigenvalue weighted by molar-refractivity contribution is 7.89. The highest BCUT2D eigenvalue weighted by atomic mass is 35.5. The van der Waals surface area contributed by atoms with Gasteiger partial charge in [0.15, 0.2) is 6.61 Å². The number of piperidine rings is 1. The highest BCUT2D eigenvalue weighted by Gasteiger charge is 2.27. The molecule has 6 nitrogen and oxygen atoms in total. The molecule has 1 amide bonds. The lowest BCUT2D eigenvalue weighted by molar-refractivity contribution is -0.123. The van der Waals surface area contributed by atoms with Gasteiger partial charge in [0.05, 0.1) is 4.90 Å². The van der Waals surface area contributed by atoms with Gasteiger partial charge in [-0.1, -0.05) is 36.2 Å². The molecule has 0 unspecified atom stereocenters. The Labute approximate surface area is 187 Å². The van der Waals surface area contributed by atoms with Crippen LogP contribution in [0.15, 0.2) is 47.4 Å². The molecule has 0 aliphatic carbocycles. The first-order valence-corrected chi connectivity index (χ1v) is 11.9. The Morgan fingerprint density at radius 3 is 2.43 bits per heavy atom. The fraction of sp³-hybridized carbons (Fsp3) is 0.381. The van der Waals surface area contributed by atoms with E-state index < -0.39 is 10.0 Å². The van der Waals surface area contributed by atoms with Crippen molar-refractivity contribution in [2.45, 2.75) is 31.2 Å². The number of carbonyl (C=O) groups excluding carboxylic acids is 1. The van der Waals surface area contributed by atoms with Crippen LogP contribution in [0.4, 0.5) is 0 Å². The summed E-state index contributed by atoms with van der Waals surface area (Å²) in [6, 6.07) is 11.2. The SMILES string of the molecule is CC1CCN(S(=O)(=O)c2ccc(OCC(=O)NCc3ccc(Cl)cc3Cl)cc2)CC1. The second-order valence-electron chi connectivity index (χ2n) is 7.36. The lowest BCUT2D eigenvalue weighted by Gasteiger charge is -2.29. The molecule has 1 heterocycles. The maximum Gasteiger partial charge on any atom is 0.258 e. The van der Waals surface area contributed by atoms with Gasteiger partial charge in [-0.15, -0.1) is 0 Å². The van der Waals surface area contributed by atoms with E-state index in [9.17, 15) is 13.2 Å².